The quantitative estimate of drug-likeness (QED) is 0.846. The second kappa shape index (κ2) is 6.52. The number of nitrogens with one attached hydrogen (secondary N) is 2. The molecular formula is C14H22N4O. The number of rotatable bonds is 4. The van der Waals surface area contributed by atoms with Crippen LogP contribution in [0.15, 0.2) is 18.3 Å². The number of amides is 1. The van der Waals surface area contributed by atoms with E-state index >= 15 is 0 Å². The lowest BCUT2D eigenvalue weighted by atomic mass is 10.2. The van der Waals surface area contributed by atoms with Crippen LogP contribution in [-0.4, -0.2) is 36.6 Å². The summed E-state index contributed by atoms with van der Waals surface area (Å²) in [6, 6.07) is 4.44. The molecule has 0 atom stereocenters. The van der Waals surface area contributed by atoms with Gasteiger partial charge in [-0.25, -0.2) is 4.98 Å². The van der Waals surface area contributed by atoms with Crippen molar-refractivity contribution in [2.24, 2.45) is 0 Å². The molecule has 2 N–H and O–H groups in total. The number of carbonyl (C=O) groups excluding carboxylic acids is 1. The molecule has 1 aromatic rings. The second-order valence-corrected chi connectivity index (χ2v) is 5.15. The predicted molar refractivity (Wildman–Crippen MR) is 76.1 cm³/mol. The van der Waals surface area contributed by atoms with Crippen molar-refractivity contribution >= 4 is 11.7 Å². The third-order valence-electron chi connectivity index (χ3n) is 3.13. The van der Waals surface area contributed by atoms with Gasteiger partial charge in [-0.05, 0) is 12.5 Å². The summed E-state index contributed by atoms with van der Waals surface area (Å²) in [6.07, 6.45) is 2.75. The average Bonchev–Trinajstić information content (AvgIpc) is 2.61. The Morgan fingerprint density at radius 1 is 1.53 bits per heavy atom. The molecular weight excluding hydrogens is 240 g/mol. The minimum Gasteiger partial charge on any atom is -0.354 e. The van der Waals surface area contributed by atoms with Crippen LogP contribution in [-0.2, 0) is 11.3 Å². The Hall–Kier alpha value is -1.62. The molecule has 19 heavy (non-hydrogen) atoms. The molecule has 0 radical (unpaired) electrons. The summed E-state index contributed by atoms with van der Waals surface area (Å²) >= 11 is 0. The number of hydrogen-bond acceptors (Lipinski definition) is 4. The van der Waals surface area contributed by atoms with Gasteiger partial charge in [-0.15, -0.1) is 0 Å². The van der Waals surface area contributed by atoms with Crippen LogP contribution in [0.2, 0.25) is 0 Å². The largest absolute Gasteiger partial charge is 0.354 e. The summed E-state index contributed by atoms with van der Waals surface area (Å²) < 4.78 is 0. The first-order chi connectivity index (χ1) is 9.16. The fourth-order valence-electron chi connectivity index (χ4n) is 2.15. The number of carbonyl (C=O) groups is 1. The van der Waals surface area contributed by atoms with Crippen LogP contribution in [0.3, 0.4) is 0 Å². The minimum atomic E-state index is 0.0749. The Kier molecular flexibility index (Phi) is 4.74. The molecule has 1 aliphatic rings. The van der Waals surface area contributed by atoms with E-state index in [1.807, 2.05) is 6.07 Å². The van der Waals surface area contributed by atoms with E-state index in [9.17, 15) is 4.79 Å². The molecule has 0 saturated carbocycles. The van der Waals surface area contributed by atoms with Crippen molar-refractivity contribution in [2.45, 2.75) is 32.9 Å². The van der Waals surface area contributed by atoms with Crippen molar-refractivity contribution in [3.05, 3.63) is 23.9 Å². The summed E-state index contributed by atoms with van der Waals surface area (Å²) in [5, 5.41) is 6.29. The summed E-state index contributed by atoms with van der Waals surface area (Å²) in [7, 11) is 0. The first-order valence-electron chi connectivity index (χ1n) is 6.85. The van der Waals surface area contributed by atoms with Crippen LogP contribution >= 0.6 is 0 Å². The highest BCUT2D eigenvalue weighted by molar-refractivity contribution is 5.81. The number of hydrogen-bond donors (Lipinski definition) is 2. The number of aromatic nitrogens is 1. The van der Waals surface area contributed by atoms with Gasteiger partial charge in [0.1, 0.15) is 5.82 Å². The van der Waals surface area contributed by atoms with Crippen LogP contribution in [0.25, 0.3) is 0 Å². The maximum absolute atomic E-state index is 11.6. The Labute approximate surface area is 114 Å². The molecule has 1 aliphatic heterocycles. The van der Waals surface area contributed by atoms with E-state index in [-0.39, 0.29) is 5.91 Å². The first-order valence-corrected chi connectivity index (χ1v) is 6.85. The topological polar surface area (TPSA) is 57.3 Å². The average molecular weight is 262 g/mol. The van der Waals surface area contributed by atoms with E-state index in [4.69, 9.17) is 0 Å². The van der Waals surface area contributed by atoms with Crippen molar-refractivity contribution in [3.8, 4) is 0 Å². The highest BCUT2D eigenvalue weighted by atomic mass is 16.2. The van der Waals surface area contributed by atoms with Crippen LogP contribution in [0.5, 0.6) is 0 Å². The van der Waals surface area contributed by atoms with Crippen LogP contribution < -0.4 is 15.5 Å². The van der Waals surface area contributed by atoms with Gasteiger partial charge < -0.3 is 15.5 Å². The van der Waals surface area contributed by atoms with Gasteiger partial charge in [0, 0.05) is 37.4 Å². The van der Waals surface area contributed by atoms with E-state index < -0.39 is 0 Å². The predicted octanol–water partition coefficient (Wildman–Crippen LogP) is 0.906. The van der Waals surface area contributed by atoms with E-state index in [1.54, 1.807) is 6.20 Å². The Bertz CT molecular complexity index is 433. The lowest BCUT2D eigenvalue weighted by Gasteiger charge is -2.23. The lowest BCUT2D eigenvalue weighted by molar-refractivity contribution is -0.119. The fraction of sp³-hybridized carbons (Fsp3) is 0.571. The molecule has 0 aliphatic carbocycles. The maximum Gasteiger partial charge on any atom is 0.239 e. The molecule has 1 aromatic heterocycles. The number of pyridine rings is 1. The highest BCUT2D eigenvalue weighted by Crippen LogP contribution is 2.18. The van der Waals surface area contributed by atoms with Crippen molar-refractivity contribution < 1.29 is 4.79 Å². The molecule has 1 fully saturated rings. The summed E-state index contributed by atoms with van der Waals surface area (Å²) in [4.78, 5) is 18.2. The molecule has 0 aromatic carbocycles. The zero-order chi connectivity index (χ0) is 13.7. The zero-order valence-corrected chi connectivity index (χ0v) is 11.6. The van der Waals surface area contributed by atoms with Gasteiger partial charge in [0.15, 0.2) is 0 Å². The molecule has 5 nitrogen and oxygen atoms in total. The normalized spacial score (nSPS) is 16.4. The third-order valence-corrected chi connectivity index (χ3v) is 3.13. The third kappa shape index (κ3) is 3.92. The maximum atomic E-state index is 11.6. The molecule has 2 rings (SSSR count). The number of anilines is 1. The van der Waals surface area contributed by atoms with E-state index in [1.165, 1.54) is 0 Å². The molecule has 1 saturated heterocycles. The van der Waals surface area contributed by atoms with E-state index in [2.05, 4.69) is 40.4 Å². The molecule has 2 heterocycles. The lowest BCUT2D eigenvalue weighted by Crippen LogP contribution is -2.34. The van der Waals surface area contributed by atoms with Gasteiger partial charge in [-0.3, -0.25) is 4.79 Å². The zero-order valence-electron chi connectivity index (χ0n) is 11.6. The van der Waals surface area contributed by atoms with Crippen molar-refractivity contribution in [1.82, 2.24) is 15.6 Å². The van der Waals surface area contributed by atoms with Gasteiger partial charge >= 0.3 is 0 Å². The summed E-state index contributed by atoms with van der Waals surface area (Å²) in [5.74, 6) is 0.999. The highest BCUT2D eigenvalue weighted by Gasteiger charge is 2.18. The Morgan fingerprint density at radius 3 is 3.16 bits per heavy atom. The number of nitrogens with zero attached hydrogens (tertiary/aromatic N) is 2. The molecule has 0 spiro atoms. The van der Waals surface area contributed by atoms with Crippen molar-refractivity contribution in [1.29, 1.82) is 0 Å². The van der Waals surface area contributed by atoms with Gasteiger partial charge in [0.05, 0.1) is 6.54 Å². The summed E-state index contributed by atoms with van der Waals surface area (Å²) in [5.41, 5.74) is 1.14. The standard InChI is InChI=1S/C14H22N4O/c1-11(2)17-9-12-5-3-6-16-14(12)18-8-4-7-15-13(19)10-18/h3,5-6,11,17H,4,7-10H2,1-2H3,(H,15,19). The van der Waals surface area contributed by atoms with Gasteiger partial charge in [-0.1, -0.05) is 19.9 Å². The smallest absolute Gasteiger partial charge is 0.239 e. The monoisotopic (exact) mass is 262 g/mol. The van der Waals surface area contributed by atoms with Crippen LogP contribution in [0.1, 0.15) is 25.8 Å². The van der Waals surface area contributed by atoms with Gasteiger partial charge in [-0.2, -0.15) is 0 Å². The molecule has 0 unspecified atom stereocenters. The SMILES string of the molecule is CC(C)NCc1cccnc1N1CCCNC(=O)C1. The fourth-order valence-corrected chi connectivity index (χ4v) is 2.15. The summed E-state index contributed by atoms with van der Waals surface area (Å²) in [6.45, 7) is 7.03. The van der Waals surface area contributed by atoms with Crippen molar-refractivity contribution in [3.63, 3.8) is 0 Å². The Morgan fingerprint density at radius 2 is 2.37 bits per heavy atom. The van der Waals surface area contributed by atoms with E-state index in [0.29, 0.717) is 12.6 Å². The minimum absolute atomic E-state index is 0.0749. The first kappa shape index (κ1) is 13.8. The van der Waals surface area contributed by atoms with Crippen LogP contribution in [0, 0.1) is 0 Å². The van der Waals surface area contributed by atoms with Crippen LogP contribution in [0.4, 0.5) is 5.82 Å². The Balaban J connectivity index is 2.15. The second-order valence-electron chi connectivity index (χ2n) is 5.15. The van der Waals surface area contributed by atoms with Gasteiger partial charge in [0.25, 0.3) is 0 Å². The molecule has 5 heteroatoms. The van der Waals surface area contributed by atoms with Crippen molar-refractivity contribution in [2.75, 3.05) is 24.5 Å². The van der Waals surface area contributed by atoms with E-state index in [0.717, 1.165) is 37.4 Å². The van der Waals surface area contributed by atoms with Gasteiger partial charge in [0.2, 0.25) is 5.91 Å². The molecule has 0 bridgehead atoms. The molecule has 104 valence electrons. The molecule has 1 amide bonds.